The lowest BCUT2D eigenvalue weighted by atomic mass is 10.0. The van der Waals surface area contributed by atoms with Crippen LogP contribution in [-0.2, 0) is 18.3 Å². The van der Waals surface area contributed by atoms with Gasteiger partial charge in [-0.1, -0.05) is 6.07 Å². The van der Waals surface area contributed by atoms with Crippen molar-refractivity contribution in [2.75, 3.05) is 33.9 Å². The van der Waals surface area contributed by atoms with Crippen molar-refractivity contribution in [3.63, 3.8) is 0 Å². The van der Waals surface area contributed by atoms with Gasteiger partial charge in [0.05, 0.1) is 27.0 Å². The van der Waals surface area contributed by atoms with Crippen LogP contribution in [0.25, 0.3) is 0 Å². The molecule has 1 unspecified atom stereocenters. The van der Waals surface area contributed by atoms with E-state index < -0.39 is 5.97 Å². The lowest BCUT2D eigenvalue weighted by molar-refractivity contribution is 0.0597. The molecule has 1 aliphatic heterocycles. The average molecular weight is 399 g/mol. The van der Waals surface area contributed by atoms with E-state index in [4.69, 9.17) is 14.5 Å². The van der Waals surface area contributed by atoms with E-state index in [1.807, 2.05) is 24.0 Å². The third kappa shape index (κ3) is 4.88. The van der Waals surface area contributed by atoms with Gasteiger partial charge in [-0.3, -0.25) is 4.68 Å². The molecule has 0 saturated carbocycles. The molecule has 1 aromatic heterocycles. The Kier molecular flexibility index (Phi) is 6.74. The molecule has 2 aromatic rings. The van der Waals surface area contributed by atoms with Crippen LogP contribution in [0.4, 0.5) is 0 Å². The summed E-state index contributed by atoms with van der Waals surface area (Å²) >= 11 is 0. The number of methoxy groups -OCH3 is 2. The molecule has 0 bridgehead atoms. The largest absolute Gasteiger partial charge is 0.496 e. The summed E-state index contributed by atoms with van der Waals surface area (Å²) in [6, 6.07) is 5.47. The van der Waals surface area contributed by atoms with E-state index in [-0.39, 0.29) is 0 Å². The first-order valence-electron chi connectivity index (χ1n) is 9.82. The maximum atomic E-state index is 12.0. The number of likely N-dealkylation sites (tertiary alicyclic amines) is 1. The van der Waals surface area contributed by atoms with E-state index in [0.29, 0.717) is 23.8 Å². The van der Waals surface area contributed by atoms with Crippen LogP contribution in [-0.4, -0.2) is 60.5 Å². The molecule has 0 spiro atoms. The van der Waals surface area contributed by atoms with Gasteiger partial charge in [-0.15, -0.1) is 0 Å². The highest BCUT2D eigenvalue weighted by atomic mass is 16.5. The molecule has 8 nitrogen and oxygen atoms in total. The van der Waals surface area contributed by atoms with Gasteiger partial charge >= 0.3 is 5.97 Å². The number of aryl methyl sites for hydroxylation is 1. The zero-order chi connectivity index (χ0) is 20.8. The zero-order valence-electron chi connectivity index (χ0n) is 17.5. The Morgan fingerprint density at radius 3 is 2.86 bits per heavy atom. The normalized spacial score (nSPS) is 16.8. The minimum atomic E-state index is -0.418. The van der Waals surface area contributed by atoms with Crippen LogP contribution in [0.2, 0.25) is 0 Å². The molecular weight excluding hydrogens is 370 g/mol. The standard InChI is InChI=1S/C21H29N5O3/c1-5-22-21(26-9-8-16(14-26)17-12-24-25(2)13-17)23-11-15-6-7-19(28-3)18(10-15)20(27)29-4/h6-7,10,12-13,16H,5,8-9,11,14H2,1-4H3,(H,22,23). The second kappa shape index (κ2) is 9.45. The maximum absolute atomic E-state index is 12.0. The number of carbonyl (C=O) groups excluding carboxylic acids is 1. The molecule has 0 radical (unpaired) electrons. The number of guanidine groups is 1. The van der Waals surface area contributed by atoms with Gasteiger partial charge in [0.15, 0.2) is 5.96 Å². The molecule has 156 valence electrons. The summed E-state index contributed by atoms with van der Waals surface area (Å²) in [6.07, 6.45) is 5.11. The van der Waals surface area contributed by atoms with Crippen molar-refractivity contribution in [2.45, 2.75) is 25.8 Å². The van der Waals surface area contributed by atoms with Crippen molar-refractivity contribution in [1.82, 2.24) is 20.0 Å². The Morgan fingerprint density at radius 2 is 2.21 bits per heavy atom. The molecule has 0 amide bonds. The fourth-order valence-corrected chi connectivity index (χ4v) is 3.59. The quantitative estimate of drug-likeness (QED) is 0.456. The van der Waals surface area contributed by atoms with E-state index in [1.54, 1.807) is 12.1 Å². The minimum Gasteiger partial charge on any atom is -0.496 e. The van der Waals surface area contributed by atoms with Crippen molar-refractivity contribution in [3.8, 4) is 5.75 Å². The molecule has 8 heteroatoms. The van der Waals surface area contributed by atoms with Gasteiger partial charge in [0.2, 0.25) is 0 Å². The van der Waals surface area contributed by atoms with Crippen molar-refractivity contribution in [3.05, 3.63) is 47.3 Å². The van der Waals surface area contributed by atoms with Crippen molar-refractivity contribution in [1.29, 1.82) is 0 Å². The maximum Gasteiger partial charge on any atom is 0.341 e. The van der Waals surface area contributed by atoms with E-state index in [1.165, 1.54) is 19.8 Å². The third-order valence-electron chi connectivity index (χ3n) is 5.10. The highest BCUT2D eigenvalue weighted by Gasteiger charge is 2.27. The smallest absolute Gasteiger partial charge is 0.341 e. The van der Waals surface area contributed by atoms with Crippen LogP contribution in [0.15, 0.2) is 35.6 Å². The van der Waals surface area contributed by atoms with Gasteiger partial charge in [0.25, 0.3) is 0 Å². The Labute approximate surface area is 171 Å². The molecule has 1 aromatic carbocycles. The SMILES string of the molecule is CCNC(=NCc1ccc(OC)c(C(=O)OC)c1)N1CCC(c2cnn(C)c2)C1. The van der Waals surface area contributed by atoms with Crippen LogP contribution >= 0.6 is 0 Å². The van der Waals surface area contributed by atoms with Crippen LogP contribution < -0.4 is 10.1 Å². The van der Waals surface area contributed by atoms with E-state index in [9.17, 15) is 4.79 Å². The first-order valence-corrected chi connectivity index (χ1v) is 9.82. The second-order valence-electron chi connectivity index (χ2n) is 7.08. The Bertz CT molecular complexity index is 877. The summed E-state index contributed by atoms with van der Waals surface area (Å²) in [6.45, 7) is 5.18. The first-order chi connectivity index (χ1) is 14.0. The number of nitrogens with one attached hydrogen (secondary N) is 1. The number of esters is 1. The highest BCUT2D eigenvalue weighted by Crippen LogP contribution is 2.27. The van der Waals surface area contributed by atoms with Crippen molar-refractivity contribution in [2.24, 2.45) is 12.0 Å². The number of hydrogen-bond acceptors (Lipinski definition) is 5. The van der Waals surface area contributed by atoms with Gasteiger partial charge in [-0.2, -0.15) is 5.10 Å². The zero-order valence-corrected chi connectivity index (χ0v) is 17.5. The minimum absolute atomic E-state index is 0.408. The fraction of sp³-hybridized carbons (Fsp3) is 0.476. The molecule has 1 saturated heterocycles. The molecule has 1 atom stereocenters. The van der Waals surface area contributed by atoms with Gasteiger partial charge in [-0.25, -0.2) is 9.79 Å². The highest BCUT2D eigenvalue weighted by molar-refractivity contribution is 5.92. The fourth-order valence-electron chi connectivity index (χ4n) is 3.59. The molecule has 2 heterocycles. The number of rotatable bonds is 6. The molecule has 1 N–H and O–H groups in total. The Morgan fingerprint density at radius 1 is 1.38 bits per heavy atom. The molecule has 1 aliphatic rings. The van der Waals surface area contributed by atoms with Gasteiger partial charge in [0.1, 0.15) is 11.3 Å². The van der Waals surface area contributed by atoms with E-state index >= 15 is 0 Å². The summed E-state index contributed by atoms with van der Waals surface area (Å²) in [7, 11) is 4.84. The third-order valence-corrected chi connectivity index (χ3v) is 5.10. The van der Waals surface area contributed by atoms with Crippen molar-refractivity contribution >= 4 is 11.9 Å². The van der Waals surface area contributed by atoms with Crippen LogP contribution in [0, 0.1) is 0 Å². The number of nitrogens with zero attached hydrogens (tertiary/aromatic N) is 4. The van der Waals surface area contributed by atoms with Crippen LogP contribution in [0.5, 0.6) is 5.75 Å². The number of ether oxygens (including phenoxy) is 2. The monoisotopic (exact) mass is 399 g/mol. The summed E-state index contributed by atoms with van der Waals surface area (Å²) < 4.78 is 12.0. The van der Waals surface area contributed by atoms with E-state index in [0.717, 1.165) is 37.6 Å². The summed E-state index contributed by atoms with van der Waals surface area (Å²) in [5.41, 5.74) is 2.60. The lowest BCUT2D eigenvalue weighted by Crippen LogP contribution is -2.40. The summed E-state index contributed by atoms with van der Waals surface area (Å²) in [4.78, 5) is 19.1. The summed E-state index contributed by atoms with van der Waals surface area (Å²) in [5.74, 6) is 1.42. The van der Waals surface area contributed by atoms with Gasteiger partial charge in [0, 0.05) is 38.8 Å². The lowest BCUT2D eigenvalue weighted by Gasteiger charge is -2.21. The number of hydrogen-bond donors (Lipinski definition) is 1. The predicted octanol–water partition coefficient (Wildman–Crippen LogP) is 2.17. The first kappa shape index (κ1) is 20.7. The Balaban J connectivity index is 1.73. The van der Waals surface area contributed by atoms with Crippen LogP contribution in [0.3, 0.4) is 0 Å². The second-order valence-corrected chi connectivity index (χ2v) is 7.08. The topological polar surface area (TPSA) is 81.0 Å². The predicted molar refractivity (Wildman–Crippen MR) is 111 cm³/mol. The number of aliphatic imine (C=N–C) groups is 1. The van der Waals surface area contributed by atoms with E-state index in [2.05, 4.69) is 28.4 Å². The summed E-state index contributed by atoms with van der Waals surface area (Å²) in [5, 5.41) is 7.67. The number of aromatic nitrogens is 2. The molecule has 0 aliphatic carbocycles. The molecule has 1 fully saturated rings. The number of benzene rings is 1. The Hall–Kier alpha value is -3.03. The molecule has 29 heavy (non-hydrogen) atoms. The average Bonchev–Trinajstić information content (AvgIpc) is 3.39. The van der Waals surface area contributed by atoms with Gasteiger partial charge in [-0.05, 0) is 36.6 Å². The van der Waals surface area contributed by atoms with Gasteiger partial charge < -0.3 is 19.7 Å². The number of carbonyl (C=O) groups is 1. The molecule has 3 rings (SSSR count). The van der Waals surface area contributed by atoms with Crippen molar-refractivity contribution < 1.29 is 14.3 Å². The van der Waals surface area contributed by atoms with Crippen LogP contribution in [0.1, 0.15) is 40.7 Å². The molecular formula is C21H29N5O3.